The Hall–Kier alpha value is -1.01. The van der Waals surface area contributed by atoms with Gasteiger partial charge in [-0.05, 0) is 39.8 Å². The highest BCUT2D eigenvalue weighted by Crippen LogP contribution is 2.22. The molecule has 0 bridgehead atoms. The Labute approximate surface area is 118 Å². The minimum atomic E-state index is 0.0720. The first-order chi connectivity index (χ1) is 9.08. The standard InChI is InChI=1S/C13H22N4OS/c1-9-13(10(2)17(3)16-9)15-12(18)8-19-11-4-6-14-7-5-11/h11,14H,4-8H2,1-3H3,(H,15,18). The Morgan fingerprint density at radius 3 is 2.74 bits per heavy atom. The van der Waals surface area contributed by atoms with E-state index in [9.17, 15) is 4.79 Å². The Morgan fingerprint density at radius 1 is 1.47 bits per heavy atom. The fourth-order valence-electron chi connectivity index (χ4n) is 2.29. The van der Waals surface area contributed by atoms with Crippen LogP contribution in [-0.4, -0.2) is 39.8 Å². The number of hydrogen-bond donors (Lipinski definition) is 2. The van der Waals surface area contributed by atoms with Crippen LogP contribution in [0, 0.1) is 13.8 Å². The molecular formula is C13H22N4OS. The van der Waals surface area contributed by atoms with Crippen LogP contribution in [0.2, 0.25) is 0 Å². The average Bonchev–Trinajstić information content (AvgIpc) is 2.64. The second-order valence-corrected chi connectivity index (χ2v) is 6.27. The highest BCUT2D eigenvalue weighted by Gasteiger charge is 2.16. The molecule has 106 valence electrons. The van der Waals surface area contributed by atoms with Crippen LogP contribution in [0.5, 0.6) is 0 Å². The number of nitrogens with zero attached hydrogens (tertiary/aromatic N) is 2. The summed E-state index contributed by atoms with van der Waals surface area (Å²) in [5, 5.41) is 11.2. The van der Waals surface area contributed by atoms with Crippen molar-refractivity contribution in [2.45, 2.75) is 31.9 Å². The molecule has 0 unspecified atom stereocenters. The highest BCUT2D eigenvalue weighted by molar-refractivity contribution is 8.00. The zero-order valence-electron chi connectivity index (χ0n) is 11.8. The smallest absolute Gasteiger partial charge is 0.234 e. The van der Waals surface area contributed by atoms with E-state index in [1.807, 2.05) is 20.9 Å². The van der Waals surface area contributed by atoms with Crippen molar-refractivity contribution in [3.8, 4) is 0 Å². The van der Waals surface area contributed by atoms with E-state index in [0.717, 1.165) is 43.0 Å². The van der Waals surface area contributed by atoms with Crippen molar-refractivity contribution in [2.24, 2.45) is 7.05 Å². The first-order valence-electron chi connectivity index (χ1n) is 6.70. The van der Waals surface area contributed by atoms with Crippen LogP contribution < -0.4 is 10.6 Å². The van der Waals surface area contributed by atoms with E-state index in [1.165, 1.54) is 0 Å². The second-order valence-electron chi connectivity index (χ2n) is 4.98. The minimum Gasteiger partial charge on any atom is -0.322 e. The maximum atomic E-state index is 12.0. The topological polar surface area (TPSA) is 59.0 Å². The third-order valence-electron chi connectivity index (χ3n) is 3.51. The summed E-state index contributed by atoms with van der Waals surface area (Å²) in [6.07, 6.45) is 2.31. The number of nitrogens with one attached hydrogen (secondary N) is 2. The lowest BCUT2D eigenvalue weighted by molar-refractivity contribution is -0.113. The van der Waals surface area contributed by atoms with Crippen molar-refractivity contribution in [3.05, 3.63) is 11.4 Å². The second kappa shape index (κ2) is 6.43. The van der Waals surface area contributed by atoms with Crippen LogP contribution in [0.1, 0.15) is 24.2 Å². The van der Waals surface area contributed by atoms with Gasteiger partial charge in [0.1, 0.15) is 0 Å². The Kier molecular flexibility index (Phi) is 4.87. The maximum Gasteiger partial charge on any atom is 0.234 e. The average molecular weight is 282 g/mol. The van der Waals surface area contributed by atoms with Gasteiger partial charge in [-0.15, -0.1) is 11.8 Å². The Morgan fingerprint density at radius 2 is 2.16 bits per heavy atom. The Bertz CT molecular complexity index is 452. The van der Waals surface area contributed by atoms with Gasteiger partial charge in [0.05, 0.1) is 22.8 Å². The van der Waals surface area contributed by atoms with Crippen LogP contribution >= 0.6 is 11.8 Å². The Balaban J connectivity index is 1.83. The molecule has 6 heteroatoms. The number of thioether (sulfide) groups is 1. The van der Waals surface area contributed by atoms with E-state index in [-0.39, 0.29) is 5.91 Å². The fourth-order valence-corrected chi connectivity index (χ4v) is 3.31. The number of amides is 1. The van der Waals surface area contributed by atoms with Crippen molar-refractivity contribution >= 4 is 23.4 Å². The lowest BCUT2D eigenvalue weighted by atomic mass is 10.2. The van der Waals surface area contributed by atoms with Gasteiger partial charge in [-0.25, -0.2) is 0 Å². The lowest BCUT2D eigenvalue weighted by Crippen LogP contribution is -2.30. The number of aromatic nitrogens is 2. The van der Waals surface area contributed by atoms with Gasteiger partial charge in [0, 0.05) is 12.3 Å². The fraction of sp³-hybridized carbons (Fsp3) is 0.692. The number of aryl methyl sites for hydroxylation is 2. The van der Waals surface area contributed by atoms with Crippen molar-refractivity contribution in [2.75, 3.05) is 24.2 Å². The molecule has 0 aliphatic carbocycles. The quantitative estimate of drug-likeness (QED) is 0.878. The van der Waals surface area contributed by atoms with Gasteiger partial charge in [-0.3, -0.25) is 9.48 Å². The van der Waals surface area contributed by atoms with Gasteiger partial charge >= 0.3 is 0 Å². The molecule has 1 aromatic heterocycles. The van der Waals surface area contributed by atoms with Gasteiger partial charge in [-0.2, -0.15) is 5.10 Å². The third-order valence-corrected chi connectivity index (χ3v) is 4.88. The van der Waals surface area contributed by atoms with E-state index in [4.69, 9.17) is 0 Å². The summed E-state index contributed by atoms with van der Waals surface area (Å²) >= 11 is 1.76. The molecule has 1 fully saturated rings. The normalized spacial score (nSPS) is 16.6. The molecule has 1 aromatic rings. The van der Waals surface area contributed by atoms with E-state index in [2.05, 4.69) is 15.7 Å². The zero-order chi connectivity index (χ0) is 13.8. The first kappa shape index (κ1) is 14.4. The van der Waals surface area contributed by atoms with E-state index in [1.54, 1.807) is 16.4 Å². The van der Waals surface area contributed by atoms with Crippen LogP contribution in [0.25, 0.3) is 0 Å². The molecule has 1 saturated heterocycles. The predicted octanol–water partition coefficient (Wildman–Crippen LogP) is 1.46. The number of rotatable bonds is 4. The largest absolute Gasteiger partial charge is 0.322 e. The molecule has 1 aliphatic heterocycles. The third kappa shape index (κ3) is 3.73. The molecule has 2 heterocycles. The molecule has 0 atom stereocenters. The summed E-state index contributed by atoms with van der Waals surface area (Å²) in [6.45, 7) is 6.03. The first-order valence-corrected chi connectivity index (χ1v) is 7.75. The predicted molar refractivity (Wildman–Crippen MR) is 79.7 cm³/mol. The molecule has 1 amide bonds. The van der Waals surface area contributed by atoms with Crippen LogP contribution in [-0.2, 0) is 11.8 Å². The number of carbonyl (C=O) groups is 1. The molecule has 1 aliphatic rings. The summed E-state index contributed by atoms with van der Waals surface area (Å²) < 4.78 is 1.80. The number of carbonyl (C=O) groups excluding carboxylic acids is 1. The zero-order valence-corrected chi connectivity index (χ0v) is 12.6. The highest BCUT2D eigenvalue weighted by atomic mass is 32.2. The molecular weight excluding hydrogens is 260 g/mol. The molecule has 0 spiro atoms. The summed E-state index contributed by atoms with van der Waals surface area (Å²) in [6, 6.07) is 0. The molecule has 19 heavy (non-hydrogen) atoms. The summed E-state index contributed by atoms with van der Waals surface area (Å²) in [4.78, 5) is 12.0. The van der Waals surface area contributed by atoms with Crippen molar-refractivity contribution < 1.29 is 4.79 Å². The van der Waals surface area contributed by atoms with Crippen LogP contribution in [0.3, 0.4) is 0 Å². The number of hydrogen-bond acceptors (Lipinski definition) is 4. The van der Waals surface area contributed by atoms with E-state index >= 15 is 0 Å². The van der Waals surface area contributed by atoms with Gasteiger partial charge in [0.2, 0.25) is 5.91 Å². The van der Waals surface area contributed by atoms with Gasteiger partial charge in [0.25, 0.3) is 0 Å². The van der Waals surface area contributed by atoms with Crippen molar-refractivity contribution in [3.63, 3.8) is 0 Å². The number of anilines is 1. The van der Waals surface area contributed by atoms with E-state index < -0.39 is 0 Å². The molecule has 2 rings (SSSR count). The monoisotopic (exact) mass is 282 g/mol. The van der Waals surface area contributed by atoms with Crippen LogP contribution in [0.15, 0.2) is 0 Å². The van der Waals surface area contributed by atoms with Crippen molar-refractivity contribution in [1.29, 1.82) is 0 Å². The maximum absolute atomic E-state index is 12.0. The molecule has 0 radical (unpaired) electrons. The van der Waals surface area contributed by atoms with Gasteiger partial charge in [0.15, 0.2) is 0 Å². The summed E-state index contributed by atoms with van der Waals surface area (Å²) in [5.41, 5.74) is 2.73. The molecule has 5 nitrogen and oxygen atoms in total. The van der Waals surface area contributed by atoms with Crippen LogP contribution in [0.4, 0.5) is 5.69 Å². The number of piperidine rings is 1. The summed E-state index contributed by atoms with van der Waals surface area (Å²) in [7, 11) is 1.89. The van der Waals surface area contributed by atoms with Gasteiger partial charge < -0.3 is 10.6 Å². The minimum absolute atomic E-state index is 0.0720. The molecule has 2 N–H and O–H groups in total. The SMILES string of the molecule is Cc1nn(C)c(C)c1NC(=O)CSC1CCNCC1. The molecule has 0 saturated carbocycles. The van der Waals surface area contributed by atoms with E-state index in [0.29, 0.717) is 11.0 Å². The molecule has 0 aromatic carbocycles. The summed E-state index contributed by atoms with van der Waals surface area (Å²) in [5.74, 6) is 0.598. The lowest BCUT2D eigenvalue weighted by Gasteiger charge is -2.21. The van der Waals surface area contributed by atoms with Gasteiger partial charge in [-0.1, -0.05) is 0 Å². The van der Waals surface area contributed by atoms with Crippen molar-refractivity contribution in [1.82, 2.24) is 15.1 Å².